The molecule has 0 radical (unpaired) electrons. The molecule has 0 unspecified atom stereocenters. The summed E-state index contributed by atoms with van der Waals surface area (Å²) < 4.78 is 11.0. The Bertz CT molecular complexity index is 529. The Hall–Kier alpha value is -1.80. The number of benzene rings is 1. The van der Waals surface area contributed by atoms with Crippen molar-refractivity contribution in [2.45, 2.75) is 44.6 Å². The molecule has 1 aliphatic rings. The van der Waals surface area contributed by atoms with Gasteiger partial charge in [0.15, 0.2) is 0 Å². The topological polar surface area (TPSA) is 47.9 Å². The Morgan fingerprint density at radius 3 is 2.40 bits per heavy atom. The van der Waals surface area contributed by atoms with E-state index in [1.807, 2.05) is 12.1 Å². The third-order valence-corrected chi connectivity index (χ3v) is 4.06. The van der Waals surface area contributed by atoms with E-state index >= 15 is 0 Å². The molecule has 1 aliphatic carbocycles. The minimum Gasteiger partial charge on any atom is -0.496 e. The van der Waals surface area contributed by atoms with Crippen LogP contribution in [0.5, 0.6) is 11.5 Å². The highest BCUT2D eigenvalue weighted by molar-refractivity contribution is 5.52. The molecule has 4 heteroatoms. The first kappa shape index (κ1) is 14.6. The molecule has 0 atom stereocenters. The zero-order valence-corrected chi connectivity index (χ0v) is 12.4. The molecular weight excluding hydrogens is 254 g/mol. The van der Waals surface area contributed by atoms with Crippen molar-refractivity contribution in [3.63, 3.8) is 0 Å². The van der Waals surface area contributed by atoms with E-state index < -0.39 is 5.54 Å². The van der Waals surface area contributed by atoms with Gasteiger partial charge in [-0.3, -0.25) is 0 Å². The number of hydrogen-bond acceptors (Lipinski definition) is 4. The summed E-state index contributed by atoms with van der Waals surface area (Å²) in [7, 11) is 3.32. The van der Waals surface area contributed by atoms with Crippen LogP contribution in [-0.4, -0.2) is 20.3 Å². The lowest BCUT2D eigenvalue weighted by Crippen LogP contribution is -2.32. The maximum atomic E-state index is 10.7. The second-order valence-electron chi connectivity index (χ2n) is 5.20. The minimum atomic E-state index is -0.467. The summed E-state index contributed by atoms with van der Waals surface area (Å²) in [5.74, 6) is 1.63. The lowest BCUT2D eigenvalue weighted by Gasteiger charge is -2.38. The highest BCUT2D eigenvalue weighted by Crippen LogP contribution is 2.49. The van der Waals surface area contributed by atoms with Crippen molar-refractivity contribution in [3.05, 3.63) is 23.3 Å². The van der Waals surface area contributed by atoms with Crippen LogP contribution in [0.3, 0.4) is 0 Å². The van der Waals surface area contributed by atoms with Gasteiger partial charge in [0.05, 0.1) is 14.2 Å². The number of nitrogens with zero attached hydrogens (tertiary/aromatic N) is 1. The molecule has 0 N–H and O–H groups in total. The van der Waals surface area contributed by atoms with Crippen LogP contribution in [0.4, 0.5) is 0 Å². The van der Waals surface area contributed by atoms with Crippen LogP contribution < -0.4 is 9.47 Å². The predicted molar refractivity (Wildman–Crippen MR) is 77.2 cm³/mol. The van der Waals surface area contributed by atoms with Crippen molar-refractivity contribution in [1.29, 1.82) is 0 Å². The van der Waals surface area contributed by atoms with E-state index in [4.69, 9.17) is 9.47 Å². The van der Waals surface area contributed by atoms with E-state index in [1.54, 1.807) is 20.3 Å². The van der Waals surface area contributed by atoms with Crippen molar-refractivity contribution in [2.75, 3.05) is 14.2 Å². The van der Waals surface area contributed by atoms with Gasteiger partial charge in [-0.25, -0.2) is 4.79 Å². The molecule has 0 aliphatic heterocycles. The fraction of sp³-hybridized carbons (Fsp3) is 0.562. The van der Waals surface area contributed by atoms with Crippen LogP contribution in [0.2, 0.25) is 0 Å². The SMILES string of the molecule is CCCc1cc(OC)c(C2(N=C=O)CCC2)cc1OC. The van der Waals surface area contributed by atoms with Gasteiger partial charge in [-0.2, -0.15) is 4.99 Å². The second kappa shape index (κ2) is 6.10. The van der Waals surface area contributed by atoms with Gasteiger partial charge in [0.25, 0.3) is 0 Å². The molecule has 0 heterocycles. The standard InChI is InChI=1S/C16H21NO3/c1-4-6-12-9-15(20-3)13(10-14(12)19-2)16(17-11-18)7-5-8-16/h9-10H,4-8H2,1-3H3. The number of aliphatic imine (C=N–C) groups is 1. The average Bonchev–Trinajstić information content (AvgIpc) is 2.43. The van der Waals surface area contributed by atoms with Crippen molar-refractivity contribution in [1.82, 2.24) is 0 Å². The van der Waals surface area contributed by atoms with Gasteiger partial charge in [0.1, 0.15) is 17.0 Å². The summed E-state index contributed by atoms with van der Waals surface area (Å²) in [6.07, 6.45) is 6.46. The van der Waals surface area contributed by atoms with Gasteiger partial charge in [-0.1, -0.05) is 13.3 Å². The zero-order chi connectivity index (χ0) is 14.6. The molecule has 4 nitrogen and oxygen atoms in total. The number of methoxy groups -OCH3 is 2. The molecular formula is C16H21NO3. The highest BCUT2D eigenvalue weighted by atomic mass is 16.5. The van der Waals surface area contributed by atoms with Crippen LogP contribution >= 0.6 is 0 Å². The smallest absolute Gasteiger partial charge is 0.235 e. The van der Waals surface area contributed by atoms with E-state index in [0.717, 1.165) is 54.7 Å². The van der Waals surface area contributed by atoms with Gasteiger partial charge in [-0.05, 0) is 43.4 Å². The first-order chi connectivity index (χ1) is 9.70. The molecule has 2 rings (SSSR count). The third-order valence-electron chi connectivity index (χ3n) is 4.06. The van der Waals surface area contributed by atoms with Crippen molar-refractivity contribution in [2.24, 2.45) is 4.99 Å². The molecule has 108 valence electrons. The van der Waals surface area contributed by atoms with Crippen molar-refractivity contribution in [3.8, 4) is 11.5 Å². The lowest BCUT2D eigenvalue weighted by molar-refractivity contribution is 0.245. The van der Waals surface area contributed by atoms with Crippen LogP contribution in [0.25, 0.3) is 0 Å². The first-order valence-corrected chi connectivity index (χ1v) is 7.05. The first-order valence-electron chi connectivity index (χ1n) is 7.05. The normalized spacial score (nSPS) is 15.9. The third kappa shape index (κ3) is 2.44. The quantitative estimate of drug-likeness (QED) is 0.590. The summed E-state index contributed by atoms with van der Waals surface area (Å²) in [5.41, 5.74) is 1.59. The van der Waals surface area contributed by atoms with Crippen molar-refractivity contribution < 1.29 is 14.3 Å². The Kier molecular flexibility index (Phi) is 4.46. The Morgan fingerprint density at radius 2 is 1.95 bits per heavy atom. The summed E-state index contributed by atoms with van der Waals surface area (Å²) in [6.45, 7) is 2.13. The highest BCUT2D eigenvalue weighted by Gasteiger charge is 2.41. The summed E-state index contributed by atoms with van der Waals surface area (Å²) in [4.78, 5) is 14.8. The van der Waals surface area contributed by atoms with Gasteiger partial charge in [0, 0.05) is 5.56 Å². The molecule has 0 amide bonds. The summed E-state index contributed by atoms with van der Waals surface area (Å²) >= 11 is 0. The fourth-order valence-electron chi connectivity index (χ4n) is 2.83. The van der Waals surface area contributed by atoms with E-state index in [0.29, 0.717) is 0 Å². The molecule has 1 fully saturated rings. The number of isocyanates is 1. The molecule has 1 aromatic rings. The molecule has 0 spiro atoms. The van der Waals surface area contributed by atoms with E-state index in [9.17, 15) is 4.79 Å². The molecule has 1 saturated carbocycles. The van der Waals surface area contributed by atoms with Crippen LogP contribution in [0.15, 0.2) is 17.1 Å². The van der Waals surface area contributed by atoms with E-state index in [1.165, 1.54) is 0 Å². The molecule has 1 aromatic carbocycles. The van der Waals surface area contributed by atoms with Gasteiger partial charge < -0.3 is 9.47 Å². The number of hydrogen-bond donors (Lipinski definition) is 0. The van der Waals surface area contributed by atoms with Gasteiger partial charge in [0.2, 0.25) is 6.08 Å². The predicted octanol–water partition coefficient (Wildman–Crippen LogP) is 3.37. The maximum absolute atomic E-state index is 10.7. The van der Waals surface area contributed by atoms with Crippen LogP contribution in [0.1, 0.15) is 43.7 Å². The number of ether oxygens (including phenoxy) is 2. The number of rotatable bonds is 6. The lowest BCUT2D eigenvalue weighted by atomic mass is 9.71. The summed E-state index contributed by atoms with van der Waals surface area (Å²) in [6, 6.07) is 3.99. The van der Waals surface area contributed by atoms with E-state index in [2.05, 4.69) is 11.9 Å². The molecule has 20 heavy (non-hydrogen) atoms. The molecule has 0 saturated heterocycles. The largest absolute Gasteiger partial charge is 0.496 e. The zero-order valence-electron chi connectivity index (χ0n) is 12.4. The molecule has 0 aromatic heterocycles. The minimum absolute atomic E-state index is 0.467. The van der Waals surface area contributed by atoms with Crippen LogP contribution in [0, 0.1) is 0 Å². The fourth-order valence-corrected chi connectivity index (χ4v) is 2.83. The maximum Gasteiger partial charge on any atom is 0.235 e. The Balaban J connectivity index is 2.54. The number of aryl methyl sites for hydroxylation is 1. The number of carbonyl (C=O) groups excluding carboxylic acids is 1. The van der Waals surface area contributed by atoms with E-state index in [-0.39, 0.29) is 0 Å². The average molecular weight is 275 g/mol. The van der Waals surface area contributed by atoms with Crippen molar-refractivity contribution >= 4 is 6.08 Å². The second-order valence-corrected chi connectivity index (χ2v) is 5.20. The summed E-state index contributed by atoms with van der Waals surface area (Å²) in [5, 5.41) is 0. The Labute approximate surface area is 119 Å². The molecule has 0 bridgehead atoms. The Morgan fingerprint density at radius 1 is 1.25 bits per heavy atom. The van der Waals surface area contributed by atoms with Gasteiger partial charge >= 0.3 is 0 Å². The van der Waals surface area contributed by atoms with Crippen LogP contribution in [-0.2, 0) is 16.8 Å². The van der Waals surface area contributed by atoms with Gasteiger partial charge in [-0.15, -0.1) is 0 Å². The monoisotopic (exact) mass is 275 g/mol.